The molecule has 1 atom stereocenters. The molecule has 110 valence electrons. The van der Waals surface area contributed by atoms with Crippen molar-refractivity contribution >= 4 is 29.1 Å². The largest absolute Gasteiger partial charge is 0.482 e. The van der Waals surface area contributed by atoms with Crippen molar-refractivity contribution in [2.45, 2.75) is 13.0 Å². The fourth-order valence-electron chi connectivity index (χ4n) is 1.89. The maximum atomic E-state index is 11.9. The van der Waals surface area contributed by atoms with Crippen LogP contribution >= 0.6 is 23.2 Å². The number of para-hydroxylation sites is 1. The molecule has 0 saturated carbocycles. The van der Waals surface area contributed by atoms with Gasteiger partial charge in [0.2, 0.25) is 0 Å². The maximum absolute atomic E-state index is 11.9. The predicted molar refractivity (Wildman–Crippen MR) is 85.0 cm³/mol. The van der Waals surface area contributed by atoms with Gasteiger partial charge >= 0.3 is 0 Å². The minimum atomic E-state index is -0.234. The molecule has 0 aliphatic carbocycles. The predicted octanol–water partition coefficient (Wildman–Crippen LogP) is 4.25. The van der Waals surface area contributed by atoms with E-state index in [0.717, 1.165) is 5.56 Å². The molecule has 0 spiro atoms. The molecule has 2 aromatic carbocycles. The Bertz CT molecular complexity index is 631. The van der Waals surface area contributed by atoms with Gasteiger partial charge < -0.3 is 10.1 Å². The summed E-state index contributed by atoms with van der Waals surface area (Å²) in [5.74, 6) is 0.252. The van der Waals surface area contributed by atoms with E-state index in [-0.39, 0.29) is 18.6 Å². The fraction of sp³-hybridized carbons (Fsp3) is 0.188. The van der Waals surface area contributed by atoms with Gasteiger partial charge in [0, 0.05) is 5.02 Å². The highest BCUT2D eigenvalue weighted by Crippen LogP contribution is 2.24. The first-order chi connectivity index (χ1) is 10.1. The summed E-state index contributed by atoms with van der Waals surface area (Å²) in [5.41, 5.74) is 0.866. The van der Waals surface area contributed by atoms with E-state index in [4.69, 9.17) is 27.9 Å². The van der Waals surface area contributed by atoms with Crippen molar-refractivity contribution in [3.8, 4) is 5.75 Å². The van der Waals surface area contributed by atoms with Crippen LogP contribution in [0.1, 0.15) is 18.5 Å². The smallest absolute Gasteiger partial charge is 0.258 e. The highest BCUT2D eigenvalue weighted by molar-refractivity contribution is 6.32. The van der Waals surface area contributed by atoms with E-state index in [0.29, 0.717) is 15.8 Å². The second-order valence-electron chi connectivity index (χ2n) is 4.53. The molecule has 1 N–H and O–H groups in total. The number of ether oxygens (including phenoxy) is 1. The van der Waals surface area contributed by atoms with Crippen molar-refractivity contribution in [2.75, 3.05) is 6.61 Å². The fourth-order valence-corrected chi connectivity index (χ4v) is 2.38. The second-order valence-corrected chi connectivity index (χ2v) is 5.34. The Kier molecular flexibility index (Phi) is 5.48. The third-order valence-electron chi connectivity index (χ3n) is 2.94. The SMILES string of the molecule is CC(NC(=O)COc1ccccc1Cl)c1ccccc1Cl. The Balaban J connectivity index is 1.90. The van der Waals surface area contributed by atoms with Crippen LogP contribution in [0.25, 0.3) is 0 Å². The number of nitrogens with one attached hydrogen (secondary N) is 1. The molecular formula is C16H15Cl2NO2. The van der Waals surface area contributed by atoms with Crippen molar-refractivity contribution in [2.24, 2.45) is 0 Å². The van der Waals surface area contributed by atoms with Gasteiger partial charge in [0.25, 0.3) is 5.91 Å². The highest BCUT2D eigenvalue weighted by Gasteiger charge is 2.13. The van der Waals surface area contributed by atoms with E-state index in [9.17, 15) is 4.79 Å². The molecule has 2 rings (SSSR count). The van der Waals surface area contributed by atoms with Gasteiger partial charge in [-0.15, -0.1) is 0 Å². The van der Waals surface area contributed by atoms with E-state index in [2.05, 4.69) is 5.32 Å². The molecule has 2 aromatic rings. The van der Waals surface area contributed by atoms with E-state index in [1.807, 2.05) is 25.1 Å². The number of amides is 1. The van der Waals surface area contributed by atoms with Gasteiger partial charge in [-0.3, -0.25) is 4.79 Å². The monoisotopic (exact) mass is 323 g/mol. The molecule has 0 saturated heterocycles. The molecule has 0 fully saturated rings. The molecule has 21 heavy (non-hydrogen) atoms. The average molecular weight is 324 g/mol. The van der Waals surface area contributed by atoms with E-state index < -0.39 is 0 Å². The Labute approximate surface area is 133 Å². The van der Waals surface area contributed by atoms with Crippen molar-refractivity contribution < 1.29 is 9.53 Å². The number of hydrogen-bond donors (Lipinski definition) is 1. The minimum absolute atomic E-state index is 0.0987. The van der Waals surface area contributed by atoms with Crippen molar-refractivity contribution in [1.29, 1.82) is 0 Å². The number of carbonyl (C=O) groups excluding carboxylic acids is 1. The van der Waals surface area contributed by atoms with E-state index in [1.165, 1.54) is 0 Å². The third-order valence-corrected chi connectivity index (χ3v) is 3.60. The Morgan fingerprint density at radius 1 is 1.10 bits per heavy atom. The Morgan fingerprint density at radius 3 is 2.38 bits per heavy atom. The zero-order chi connectivity index (χ0) is 15.2. The first-order valence-corrected chi connectivity index (χ1v) is 7.24. The van der Waals surface area contributed by atoms with E-state index >= 15 is 0 Å². The summed E-state index contributed by atoms with van der Waals surface area (Å²) < 4.78 is 5.39. The number of rotatable bonds is 5. The number of hydrogen-bond acceptors (Lipinski definition) is 2. The van der Waals surface area contributed by atoms with Gasteiger partial charge in [-0.1, -0.05) is 53.5 Å². The molecule has 0 aliphatic rings. The molecule has 0 aromatic heterocycles. The van der Waals surface area contributed by atoms with Crippen molar-refractivity contribution in [3.63, 3.8) is 0 Å². The summed E-state index contributed by atoms with van der Waals surface area (Å²) in [6.45, 7) is 1.77. The van der Waals surface area contributed by atoms with Crippen LogP contribution < -0.4 is 10.1 Å². The lowest BCUT2D eigenvalue weighted by Gasteiger charge is -2.16. The van der Waals surface area contributed by atoms with Gasteiger partial charge in [-0.2, -0.15) is 0 Å². The standard InChI is InChI=1S/C16H15Cl2NO2/c1-11(12-6-2-3-7-13(12)17)19-16(20)10-21-15-9-5-4-8-14(15)18/h2-9,11H,10H2,1H3,(H,19,20). The van der Waals surface area contributed by atoms with Crippen LogP contribution in [0, 0.1) is 0 Å². The Hall–Kier alpha value is -1.71. The summed E-state index contributed by atoms with van der Waals surface area (Å²) in [7, 11) is 0. The van der Waals surface area contributed by atoms with Gasteiger partial charge in [-0.05, 0) is 30.7 Å². The second kappa shape index (κ2) is 7.34. The summed E-state index contributed by atoms with van der Waals surface area (Å²) in [5, 5.41) is 3.93. The zero-order valence-corrected chi connectivity index (χ0v) is 13.0. The molecule has 1 amide bonds. The van der Waals surface area contributed by atoms with Crippen molar-refractivity contribution in [1.82, 2.24) is 5.32 Å². The molecule has 1 unspecified atom stereocenters. The first-order valence-electron chi connectivity index (χ1n) is 6.49. The molecular weight excluding hydrogens is 309 g/mol. The topological polar surface area (TPSA) is 38.3 Å². The van der Waals surface area contributed by atoms with Crippen LogP contribution in [-0.4, -0.2) is 12.5 Å². The minimum Gasteiger partial charge on any atom is -0.482 e. The lowest BCUT2D eigenvalue weighted by Crippen LogP contribution is -2.31. The van der Waals surface area contributed by atoms with E-state index in [1.54, 1.807) is 30.3 Å². The van der Waals surface area contributed by atoms with Crippen LogP contribution in [0.5, 0.6) is 5.75 Å². The van der Waals surface area contributed by atoms with Crippen LogP contribution in [0.15, 0.2) is 48.5 Å². The number of benzene rings is 2. The quantitative estimate of drug-likeness (QED) is 0.893. The molecule has 0 aliphatic heterocycles. The number of halogens is 2. The molecule has 0 radical (unpaired) electrons. The van der Waals surface area contributed by atoms with Crippen LogP contribution in [0.3, 0.4) is 0 Å². The molecule has 5 heteroatoms. The van der Waals surface area contributed by atoms with Gasteiger partial charge in [0.1, 0.15) is 5.75 Å². The lowest BCUT2D eigenvalue weighted by atomic mass is 10.1. The highest BCUT2D eigenvalue weighted by atomic mass is 35.5. The van der Waals surface area contributed by atoms with Gasteiger partial charge in [0.15, 0.2) is 6.61 Å². The summed E-state index contributed by atoms with van der Waals surface area (Å²) in [6, 6.07) is 14.2. The number of carbonyl (C=O) groups is 1. The van der Waals surface area contributed by atoms with Gasteiger partial charge in [0.05, 0.1) is 11.1 Å². The maximum Gasteiger partial charge on any atom is 0.258 e. The van der Waals surface area contributed by atoms with Crippen LogP contribution in [-0.2, 0) is 4.79 Å². The summed E-state index contributed by atoms with van der Waals surface area (Å²) >= 11 is 12.1. The zero-order valence-electron chi connectivity index (χ0n) is 11.5. The van der Waals surface area contributed by atoms with Crippen molar-refractivity contribution in [3.05, 3.63) is 64.1 Å². The first kappa shape index (κ1) is 15.7. The van der Waals surface area contributed by atoms with Gasteiger partial charge in [-0.25, -0.2) is 0 Å². The normalized spacial score (nSPS) is 11.8. The molecule has 0 heterocycles. The van der Waals surface area contributed by atoms with Crippen LogP contribution in [0.2, 0.25) is 10.0 Å². The average Bonchev–Trinajstić information content (AvgIpc) is 2.46. The summed E-state index contributed by atoms with van der Waals surface area (Å²) in [6.07, 6.45) is 0. The lowest BCUT2D eigenvalue weighted by molar-refractivity contribution is -0.123. The molecule has 3 nitrogen and oxygen atoms in total. The summed E-state index contributed by atoms with van der Waals surface area (Å²) in [4.78, 5) is 11.9. The third kappa shape index (κ3) is 4.38. The Morgan fingerprint density at radius 2 is 1.71 bits per heavy atom. The molecule has 0 bridgehead atoms. The van der Waals surface area contributed by atoms with Crippen LogP contribution in [0.4, 0.5) is 0 Å².